The predicted molar refractivity (Wildman–Crippen MR) is 129 cm³/mol. The standard InChI is InChI=1S/C29H27NO2/c1-3-11-23(12-4-1)20-31-27-18-25(16-15-22-9-7-8-10-22)17-26-29(27)28(19-30-26)32-21-24-13-5-2-6-14-24/h1-6,11-14,17-19,22,30H,7-10,20-21H2. The second kappa shape index (κ2) is 9.66. The van der Waals surface area contributed by atoms with Gasteiger partial charge in [0.25, 0.3) is 0 Å². The van der Waals surface area contributed by atoms with Crippen LogP contribution in [0.4, 0.5) is 0 Å². The molecule has 1 aliphatic carbocycles. The summed E-state index contributed by atoms with van der Waals surface area (Å²) < 4.78 is 12.5. The molecule has 0 saturated heterocycles. The van der Waals surface area contributed by atoms with Gasteiger partial charge in [-0.05, 0) is 36.1 Å². The summed E-state index contributed by atoms with van der Waals surface area (Å²) in [6, 6.07) is 24.6. The molecule has 3 nitrogen and oxygen atoms in total. The van der Waals surface area contributed by atoms with Crippen molar-refractivity contribution in [3.8, 4) is 23.3 Å². The Kier molecular flexibility index (Phi) is 6.12. The lowest BCUT2D eigenvalue weighted by Crippen LogP contribution is -1.98. The van der Waals surface area contributed by atoms with Gasteiger partial charge in [-0.3, -0.25) is 0 Å². The Hall–Kier alpha value is -3.64. The van der Waals surface area contributed by atoms with E-state index in [9.17, 15) is 0 Å². The zero-order valence-corrected chi connectivity index (χ0v) is 18.1. The average molecular weight is 422 g/mol. The van der Waals surface area contributed by atoms with Gasteiger partial charge in [-0.15, -0.1) is 0 Å². The Balaban J connectivity index is 1.45. The molecular formula is C29H27NO2. The van der Waals surface area contributed by atoms with Crippen LogP contribution in [0.25, 0.3) is 10.9 Å². The van der Waals surface area contributed by atoms with E-state index < -0.39 is 0 Å². The third-order valence-corrected chi connectivity index (χ3v) is 5.96. The first-order valence-corrected chi connectivity index (χ1v) is 11.4. The van der Waals surface area contributed by atoms with Crippen molar-refractivity contribution >= 4 is 10.9 Å². The first kappa shape index (κ1) is 20.3. The van der Waals surface area contributed by atoms with Crippen molar-refractivity contribution in [3.63, 3.8) is 0 Å². The Labute approximate surface area is 189 Å². The zero-order chi connectivity index (χ0) is 21.6. The number of hydrogen-bond donors (Lipinski definition) is 1. The molecule has 0 atom stereocenters. The van der Waals surface area contributed by atoms with E-state index in [-0.39, 0.29) is 0 Å². The summed E-state index contributed by atoms with van der Waals surface area (Å²) in [6.45, 7) is 1.01. The summed E-state index contributed by atoms with van der Waals surface area (Å²) in [5.74, 6) is 8.97. The number of aromatic nitrogens is 1. The van der Waals surface area contributed by atoms with Crippen LogP contribution in [0.15, 0.2) is 79.0 Å². The highest BCUT2D eigenvalue weighted by molar-refractivity contribution is 5.93. The molecule has 1 fully saturated rings. The number of H-pyrrole nitrogens is 1. The third-order valence-electron chi connectivity index (χ3n) is 5.96. The number of fused-ring (bicyclic) bond motifs is 1. The van der Waals surface area contributed by atoms with E-state index in [1.54, 1.807) is 0 Å². The zero-order valence-electron chi connectivity index (χ0n) is 18.1. The lowest BCUT2D eigenvalue weighted by molar-refractivity contribution is 0.298. The molecule has 1 saturated carbocycles. The molecule has 0 radical (unpaired) electrons. The van der Waals surface area contributed by atoms with E-state index >= 15 is 0 Å². The van der Waals surface area contributed by atoms with E-state index in [1.807, 2.05) is 42.6 Å². The Morgan fingerprint density at radius 1 is 0.781 bits per heavy atom. The molecular weight excluding hydrogens is 394 g/mol. The molecule has 5 rings (SSSR count). The summed E-state index contributed by atoms with van der Waals surface area (Å²) in [5.41, 5.74) is 4.22. The molecule has 0 unspecified atom stereocenters. The molecule has 3 aromatic carbocycles. The lowest BCUT2D eigenvalue weighted by Gasteiger charge is -2.11. The maximum atomic E-state index is 6.30. The summed E-state index contributed by atoms with van der Waals surface area (Å²) >= 11 is 0. The van der Waals surface area contributed by atoms with Crippen LogP contribution in [0.5, 0.6) is 11.5 Å². The number of nitrogens with one attached hydrogen (secondary N) is 1. The number of aromatic amines is 1. The summed E-state index contributed by atoms with van der Waals surface area (Å²) in [4.78, 5) is 3.36. The van der Waals surface area contributed by atoms with Crippen LogP contribution < -0.4 is 9.47 Å². The molecule has 0 spiro atoms. The van der Waals surface area contributed by atoms with E-state index in [1.165, 1.54) is 25.7 Å². The molecule has 0 bridgehead atoms. The average Bonchev–Trinajstić information content (AvgIpc) is 3.51. The fourth-order valence-electron chi connectivity index (χ4n) is 4.22. The number of rotatable bonds is 6. The van der Waals surface area contributed by atoms with Crippen LogP contribution in [0.2, 0.25) is 0 Å². The number of ether oxygens (including phenoxy) is 2. The van der Waals surface area contributed by atoms with Crippen LogP contribution >= 0.6 is 0 Å². The topological polar surface area (TPSA) is 34.2 Å². The van der Waals surface area contributed by atoms with Crippen molar-refractivity contribution in [2.75, 3.05) is 0 Å². The minimum absolute atomic E-state index is 0.499. The molecule has 1 aromatic heterocycles. The molecule has 1 aliphatic rings. The van der Waals surface area contributed by atoms with Crippen molar-refractivity contribution in [2.45, 2.75) is 38.9 Å². The van der Waals surface area contributed by atoms with Gasteiger partial charge in [-0.25, -0.2) is 0 Å². The molecule has 1 heterocycles. The third kappa shape index (κ3) is 4.81. The highest BCUT2D eigenvalue weighted by Crippen LogP contribution is 2.36. The quantitative estimate of drug-likeness (QED) is 0.345. The van der Waals surface area contributed by atoms with Gasteiger partial charge in [0.2, 0.25) is 0 Å². The summed E-state index contributed by atoms with van der Waals surface area (Å²) in [6.07, 6.45) is 6.93. The van der Waals surface area contributed by atoms with Crippen LogP contribution in [0.1, 0.15) is 42.4 Å². The van der Waals surface area contributed by atoms with E-state index in [2.05, 4.69) is 53.2 Å². The summed E-state index contributed by atoms with van der Waals surface area (Å²) in [7, 11) is 0. The fourth-order valence-corrected chi connectivity index (χ4v) is 4.22. The first-order valence-electron chi connectivity index (χ1n) is 11.4. The van der Waals surface area contributed by atoms with Gasteiger partial charge >= 0.3 is 0 Å². The Morgan fingerprint density at radius 2 is 1.41 bits per heavy atom. The minimum atomic E-state index is 0.499. The second-order valence-electron chi connectivity index (χ2n) is 8.35. The molecule has 160 valence electrons. The number of hydrogen-bond acceptors (Lipinski definition) is 2. The van der Waals surface area contributed by atoms with Crippen LogP contribution in [0.3, 0.4) is 0 Å². The second-order valence-corrected chi connectivity index (χ2v) is 8.35. The Bertz CT molecular complexity index is 1230. The van der Waals surface area contributed by atoms with Crippen molar-refractivity contribution in [1.82, 2.24) is 4.98 Å². The Morgan fingerprint density at radius 3 is 2.06 bits per heavy atom. The van der Waals surface area contributed by atoms with Crippen molar-refractivity contribution in [2.24, 2.45) is 5.92 Å². The molecule has 0 amide bonds. The fraction of sp³-hybridized carbons (Fsp3) is 0.241. The van der Waals surface area contributed by atoms with Gasteiger partial charge in [-0.1, -0.05) is 85.3 Å². The van der Waals surface area contributed by atoms with Gasteiger partial charge < -0.3 is 14.5 Å². The maximum Gasteiger partial charge on any atom is 0.148 e. The summed E-state index contributed by atoms with van der Waals surface area (Å²) in [5, 5.41) is 0.961. The maximum absolute atomic E-state index is 6.30. The largest absolute Gasteiger partial charge is 0.488 e. The smallest absolute Gasteiger partial charge is 0.148 e. The molecule has 1 N–H and O–H groups in total. The van der Waals surface area contributed by atoms with Crippen LogP contribution in [-0.4, -0.2) is 4.98 Å². The van der Waals surface area contributed by atoms with E-state index in [0.29, 0.717) is 19.1 Å². The van der Waals surface area contributed by atoms with Gasteiger partial charge in [0.1, 0.15) is 24.7 Å². The highest BCUT2D eigenvalue weighted by Gasteiger charge is 2.15. The molecule has 4 aromatic rings. The van der Waals surface area contributed by atoms with E-state index in [4.69, 9.17) is 9.47 Å². The SMILES string of the molecule is C(#CC1CCCC1)c1cc(OCc2ccccc2)c2c(OCc3ccccc3)c[nH]c2c1. The lowest BCUT2D eigenvalue weighted by atomic mass is 10.1. The highest BCUT2D eigenvalue weighted by atomic mass is 16.5. The number of benzene rings is 3. The van der Waals surface area contributed by atoms with Gasteiger partial charge in [0.05, 0.1) is 10.9 Å². The van der Waals surface area contributed by atoms with Crippen LogP contribution in [-0.2, 0) is 13.2 Å². The van der Waals surface area contributed by atoms with E-state index in [0.717, 1.165) is 39.1 Å². The van der Waals surface area contributed by atoms with Crippen molar-refractivity contribution in [1.29, 1.82) is 0 Å². The monoisotopic (exact) mass is 421 g/mol. The van der Waals surface area contributed by atoms with Gasteiger partial charge in [0.15, 0.2) is 0 Å². The van der Waals surface area contributed by atoms with Crippen molar-refractivity contribution in [3.05, 3.63) is 95.7 Å². The van der Waals surface area contributed by atoms with Gasteiger partial charge in [0, 0.05) is 17.7 Å². The van der Waals surface area contributed by atoms with Gasteiger partial charge in [-0.2, -0.15) is 0 Å². The van der Waals surface area contributed by atoms with Crippen molar-refractivity contribution < 1.29 is 9.47 Å². The molecule has 3 heteroatoms. The van der Waals surface area contributed by atoms with Crippen LogP contribution in [0, 0.1) is 17.8 Å². The normalized spacial score (nSPS) is 13.6. The molecule has 32 heavy (non-hydrogen) atoms. The first-order chi connectivity index (χ1) is 15.8. The predicted octanol–water partition coefficient (Wildman–Crippen LogP) is 6.87. The minimum Gasteiger partial charge on any atom is -0.488 e. The molecule has 0 aliphatic heterocycles.